The molecule has 0 saturated carbocycles. The third kappa shape index (κ3) is 4.21. The maximum absolute atomic E-state index is 13.2. The highest BCUT2D eigenvalue weighted by atomic mass is 19.1. The number of hydrogen-bond donors (Lipinski definition) is 0. The predicted octanol–water partition coefficient (Wildman–Crippen LogP) is 3.63. The number of carbonyl (C=O) groups excluding carboxylic acids is 2. The first-order chi connectivity index (χ1) is 12.9. The van der Waals surface area contributed by atoms with Gasteiger partial charge < -0.3 is 14.2 Å². The average Bonchev–Trinajstić information content (AvgIpc) is 2.99. The van der Waals surface area contributed by atoms with Crippen LogP contribution in [0.2, 0.25) is 0 Å². The number of halogens is 1. The first-order valence-corrected chi connectivity index (χ1v) is 9.24. The summed E-state index contributed by atoms with van der Waals surface area (Å²) in [6, 6.07) is 7.76. The van der Waals surface area contributed by atoms with Gasteiger partial charge in [-0.2, -0.15) is 0 Å². The fourth-order valence-corrected chi connectivity index (χ4v) is 3.50. The summed E-state index contributed by atoms with van der Waals surface area (Å²) in [6.45, 7) is 7.12. The molecule has 1 aliphatic rings. The van der Waals surface area contributed by atoms with Crippen molar-refractivity contribution in [2.24, 2.45) is 5.92 Å². The minimum absolute atomic E-state index is 0.0113. The summed E-state index contributed by atoms with van der Waals surface area (Å²) in [5.74, 6) is 0.363. The van der Waals surface area contributed by atoms with E-state index in [2.05, 4.69) is 0 Å². The molecule has 1 fully saturated rings. The van der Waals surface area contributed by atoms with Crippen molar-refractivity contribution in [1.29, 1.82) is 0 Å². The Morgan fingerprint density at radius 2 is 1.96 bits per heavy atom. The van der Waals surface area contributed by atoms with Crippen LogP contribution < -0.4 is 0 Å². The van der Waals surface area contributed by atoms with Crippen LogP contribution in [-0.2, 0) is 11.3 Å². The third-order valence-electron chi connectivity index (χ3n) is 5.14. The number of nitrogens with zero attached hydrogens (tertiary/aromatic N) is 2. The molecular formula is C21H25FN2O3. The predicted molar refractivity (Wildman–Crippen MR) is 99.5 cm³/mol. The summed E-state index contributed by atoms with van der Waals surface area (Å²) in [4.78, 5) is 29.3. The van der Waals surface area contributed by atoms with Crippen LogP contribution in [0.25, 0.3) is 0 Å². The lowest BCUT2D eigenvalue weighted by Crippen LogP contribution is -2.47. The second-order valence-electron chi connectivity index (χ2n) is 7.35. The molecule has 0 N–H and O–H groups in total. The molecule has 0 spiro atoms. The van der Waals surface area contributed by atoms with E-state index in [0.717, 1.165) is 5.56 Å². The summed E-state index contributed by atoms with van der Waals surface area (Å²) in [7, 11) is 0. The highest BCUT2D eigenvalue weighted by molar-refractivity contribution is 5.95. The van der Waals surface area contributed by atoms with Gasteiger partial charge in [0.25, 0.3) is 5.91 Å². The van der Waals surface area contributed by atoms with E-state index in [9.17, 15) is 14.0 Å². The lowest BCUT2D eigenvalue weighted by atomic mass is 10.0. The van der Waals surface area contributed by atoms with Crippen molar-refractivity contribution in [2.45, 2.75) is 39.8 Å². The Balaban J connectivity index is 1.83. The van der Waals surface area contributed by atoms with Gasteiger partial charge in [-0.05, 0) is 36.6 Å². The van der Waals surface area contributed by atoms with Crippen molar-refractivity contribution in [3.8, 4) is 0 Å². The Morgan fingerprint density at radius 1 is 1.26 bits per heavy atom. The number of carbonyl (C=O) groups is 2. The number of hydrogen-bond acceptors (Lipinski definition) is 3. The quantitative estimate of drug-likeness (QED) is 0.824. The molecule has 0 radical (unpaired) electrons. The van der Waals surface area contributed by atoms with Crippen molar-refractivity contribution in [3.63, 3.8) is 0 Å². The molecular weight excluding hydrogens is 347 g/mol. The van der Waals surface area contributed by atoms with Crippen molar-refractivity contribution in [2.75, 3.05) is 13.1 Å². The number of rotatable bonds is 4. The van der Waals surface area contributed by atoms with E-state index in [1.54, 1.807) is 30.0 Å². The van der Waals surface area contributed by atoms with E-state index in [-0.39, 0.29) is 36.0 Å². The molecule has 144 valence electrons. The number of amides is 2. The molecule has 1 saturated heterocycles. The lowest BCUT2D eigenvalue weighted by Gasteiger charge is -2.34. The van der Waals surface area contributed by atoms with Gasteiger partial charge in [-0.3, -0.25) is 9.59 Å². The van der Waals surface area contributed by atoms with Gasteiger partial charge in [0, 0.05) is 26.1 Å². The van der Waals surface area contributed by atoms with E-state index >= 15 is 0 Å². The van der Waals surface area contributed by atoms with Crippen molar-refractivity contribution in [1.82, 2.24) is 9.80 Å². The Morgan fingerprint density at radius 3 is 2.56 bits per heavy atom. The molecule has 0 unspecified atom stereocenters. The normalized spacial score (nSPS) is 18.1. The van der Waals surface area contributed by atoms with Gasteiger partial charge in [-0.1, -0.05) is 26.0 Å². The van der Waals surface area contributed by atoms with Gasteiger partial charge >= 0.3 is 0 Å². The Labute approximate surface area is 158 Å². The molecule has 1 aliphatic heterocycles. The fourth-order valence-electron chi connectivity index (χ4n) is 3.50. The van der Waals surface area contributed by atoms with Crippen LogP contribution in [0.15, 0.2) is 41.0 Å². The van der Waals surface area contributed by atoms with Gasteiger partial charge in [-0.25, -0.2) is 4.39 Å². The number of benzene rings is 1. The van der Waals surface area contributed by atoms with E-state index in [1.807, 2.05) is 18.7 Å². The van der Waals surface area contributed by atoms with E-state index in [0.29, 0.717) is 31.0 Å². The lowest BCUT2D eigenvalue weighted by molar-refractivity contribution is -0.134. The van der Waals surface area contributed by atoms with Gasteiger partial charge in [-0.15, -0.1) is 0 Å². The number of furan rings is 1. The largest absolute Gasteiger partial charge is 0.469 e. The van der Waals surface area contributed by atoms with Crippen molar-refractivity contribution < 1.29 is 18.4 Å². The zero-order valence-corrected chi connectivity index (χ0v) is 15.9. The monoisotopic (exact) mass is 372 g/mol. The summed E-state index contributed by atoms with van der Waals surface area (Å²) in [5, 5.41) is 0. The minimum Gasteiger partial charge on any atom is -0.469 e. The van der Waals surface area contributed by atoms with Gasteiger partial charge in [0.15, 0.2) is 0 Å². The smallest absolute Gasteiger partial charge is 0.257 e. The van der Waals surface area contributed by atoms with Crippen LogP contribution in [0.3, 0.4) is 0 Å². The van der Waals surface area contributed by atoms with Gasteiger partial charge in [0.2, 0.25) is 5.91 Å². The van der Waals surface area contributed by atoms with E-state index in [4.69, 9.17) is 4.42 Å². The van der Waals surface area contributed by atoms with Crippen LogP contribution >= 0.6 is 0 Å². The molecule has 6 heteroatoms. The molecule has 1 atom stereocenters. The Kier molecular flexibility index (Phi) is 5.63. The first-order valence-electron chi connectivity index (χ1n) is 9.24. The molecule has 2 heterocycles. The molecule has 5 nitrogen and oxygen atoms in total. The van der Waals surface area contributed by atoms with Crippen LogP contribution in [0, 0.1) is 18.7 Å². The highest BCUT2D eigenvalue weighted by Gasteiger charge is 2.34. The van der Waals surface area contributed by atoms with Crippen molar-refractivity contribution >= 4 is 11.8 Å². The molecule has 0 bridgehead atoms. The number of aryl methyl sites for hydroxylation is 1. The first kappa shape index (κ1) is 19.1. The zero-order chi connectivity index (χ0) is 19.6. The molecule has 3 rings (SSSR count). The second kappa shape index (κ2) is 7.94. The van der Waals surface area contributed by atoms with E-state index in [1.165, 1.54) is 18.4 Å². The minimum atomic E-state index is -0.298. The summed E-state index contributed by atoms with van der Waals surface area (Å²) >= 11 is 0. The summed E-state index contributed by atoms with van der Waals surface area (Å²) in [6.07, 6.45) is 1.78. The van der Waals surface area contributed by atoms with Crippen LogP contribution in [-0.4, -0.2) is 40.7 Å². The zero-order valence-electron chi connectivity index (χ0n) is 15.9. The van der Waals surface area contributed by atoms with Crippen LogP contribution in [0.4, 0.5) is 4.39 Å². The highest BCUT2D eigenvalue weighted by Crippen LogP contribution is 2.23. The average molecular weight is 372 g/mol. The molecule has 2 aromatic rings. The Hall–Kier alpha value is -2.63. The standard InChI is InChI=1S/C21H25FN2O3/c1-14(2)19-13-23(21(26)18-9-11-27-15(18)3)10-8-20(25)24(19)12-16-4-6-17(22)7-5-16/h4-7,9,11,14,19H,8,10,12-13H2,1-3H3/t19-/m1/s1. The molecule has 2 amide bonds. The van der Waals surface area contributed by atoms with Crippen molar-refractivity contribution in [3.05, 3.63) is 59.3 Å². The second-order valence-corrected chi connectivity index (χ2v) is 7.35. The maximum atomic E-state index is 13.2. The third-order valence-corrected chi connectivity index (χ3v) is 5.14. The van der Waals surface area contributed by atoms with Gasteiger partial charge in [0.05, 0.1) is 17.9 Å². The maximum Gasteiger partial charge on any atom is 0.257 e. The van der Waals surface area contributed by atoms with Crippen LogP contribution in [0.5, 0.6) is 0 Å². The summed E-state index contributed by atoms with van der Waals surface area (Å²) < 4.78 is 18.4. The van der Waals surface area contributed by atoms with Crippen LogP contribution in [0.1, 0.15) is 41.9 Å². The molecule has 0 aliphatic carbocycles. The molecule has 1 aromatic heterocycles. The van der Waals surface area contributed by atoms with E-state index < -0.39 is 0 Å². The molecule has 1 aromatic carbocycles. The fraction of sp³-hybridized carbons (Fsp3) is 0.429. The Bertz CT molecular complexity index is 813. The topological polar surface area (TPSA) is 53.8 Å². The molecule has 27 heavy (non-hydrogen) atoms. The summed E-state index contributed by atoms with van der Waals surface area (Å²) in [5.41, 5.74) is 1.41. The van der Waals surface area contributed by atoms with Gasteiger partial charge in [0.1, 0.15) is 11.6 Å². The SMILES string of the molecule is Cc1occc1C(=O)N1CCC(=O)N(Cc2ccc(F)cc2)[C@@H](C(C)C)C1.